The van der Waals surface area contributed by atoms with Crippen LogP contribution in [0.5, 0.6) is 0 Å². The van der Waals surface area contributed by atoms with Gasteiger partial charge in [0, 0.05) is 24.8 Å². The van der Waals surface area contributed by atoms with E-state index in [9.17, 15) is 12.8 Å². The molecule has 0 radical (unpaired) electrons. The van der Waals surface area contributed by atoms with Gasteiger partial charge in [-0.3, -0.25) is 4.68 Å². The summed E-state index contributed by atoms with van der Waals surface area (Å²) in [5.74, 6) is 0.0653. The van der Waals surface area contributed by atoms with Gasteiger partial charge in [0.05, 0.1) is 23.7 Å². The van der Waals surface area contributed by atoms with Gasteiger partial charge in [-0.15, -0.1) is 0 Å². The molecule has 0 amide bonds. The average Bonchev–Trinajstić information content (AvgIpc) is 3.08. The first kappa shape index (κ1) is 16.1. The Balaban J connectivity index is 1.50. The maximum absolute atomic E-state index is 12.9. The number of halogens is 1. The number of sulfone groups is 1. The molecule has 23 heavy (non-hydrogen) atoms. The van der Waals surface area contributed by atoms with E-state index in [0.717, 1.165) is 24.0 Å². The van der Waals surface area contributed by atoms with Gasteiger partial charge in [-0.25, -0.2) is 12.8 Å². The van der Waals surface area contributed by atoms with Gasteiger partial charge < -0.3 is 5.32 Å². The predicted molar refractivity (Wildman–Crippen MR) is 86.2 cm³/mol. The molecule has 1 saturated heterocycles. The molecular weight excluding hydrogens is 317 g/mol. The minimum Gasteiger partial charge on any atom is -0.311 e. The number of benzene rings is 1. The van der Waals surface area contributed by atoms with E-state index in [1.54, 1.807) is 23.0 Å². The highest BCUT2D eigenvalue weighted by Crippen LogP contribution is 2.19. The van der Waals surface area contributed by atoms with Crippen molar-refractivity contribution < 1.29 is 12.8 Å². The number of nitrogens with zero attached hydrogens (tertiary/aromatic N) is 2. The Hall–Kier alpha value is -1.73. The van der Waals surface area contributed by atoms with Gasteiger partial charge in [0.2, 0.25) is 0 Å². The van der Waals surface area contributed by atoms with E-state index in [0.29, 0.717) is 25.4 Å². The summed E-state index contributed by atoms with van der Waals surface area (Å²) in [4.78, 5) is 0. The molecular formula is C16H20FN3O2S. The lowest BCUT2D eigenvalue weighted by atomic mass is 10.2. The first-order valence-corrected chi connectivity index (χ1v) is 9.42. The fraction of sp³-hybridized carbons (Fsp3) is 0.438. The largest absolute Gasteiger partial charge is 0.311 e. The Kier molecular flexibility index (Phi) is 4.77. The van der Waals surface area contributed by atoms with Crippen molar-refractivity contribution in [3.63, 3.8) is 0 Å². The molecule has 1 aromatic carbocycles. The van der Waals surface area contributed by atoms with E-state index in [2.05, 4.69) is 10.4 Å². The van der Waals surface area contributed by atoms with Crippen LogP contribution in [0, 0.1) is 5.82 Å². The van der Waals surface area contributed by atoms with E-state index in [-0.39, 0.29) is 11.1 Å². The van der Waals surface area contributed by atoms with E-state index in [4.69, 9.17) is 0 Å². The Labute approximate surface area is 135 Å². The highest BCUT2D eigenvalue weighted by atomic mass is 32.2. The number of hydrogen-bond acceptors (Lipinski definition) is 4. The second-order valence-electron chi connectivity index (χ2n) is 5.93. The van der Waals surface area contributed by atoms with Gasteiger partial charge in [-0.05, 0) is 30.5 Å². The Bertz CT molecular complexity index is 756. The third-order valence-electron chi connectivity index (χ3n) is 4.11. The smallest absolute Gasteiger partial charge is 0.154 e. The molecule has 5 nitrogen and oxygen atoms in total. The summed E-state index contributed by atoms with van der Waals surface area (Å²) in [5.41, 5.74) is 1.98. The summed E-state index contributed by atoms with van der Waals surface area (Å²) in [7, 11) is -2.89. The Morgan fingerprint density at radius 1 is 1.26 bits per heavy atom. The van der Waals surface area contributed by atoms with Crippen molar-refractivity contribution in [2.45, 2.75) is 31.2 Å². The van der Waals surface area contributed by atoms with Crippen LogP contribution >= 0.6 is 0 Å². The summed E-state index contributed by atoms with van der Waals surface area (Å²) in [5, 5.41) is 7.23. The minimum absolute atomic E-state index is 0.249. The van der Waals surface area contributed by atoms with Gasteiger partial charge >= 0.3 is 0 Å². The number of nitrogens with one attached hydrogen (secondary N) is 1. The predicted octanol–water partition coefficient (Wildman–Crippen LogP) is 1.74. The summed E-state index contributed by atoms with van der Waals surface area (Å²) < 4.78 is 38.2. The van der Waals surface area contributed by atoms with Gasteiger partial charge in [-0.1, -0.05) is 12.1 Å². The molecule has 2 heterocycles. The van der Waals surface area contributed by atoms with Crippen LogP contribution in [0.1, 0.15) is 24.0 Å². The van der Waals surface area contributed by atoms with Crippen molar-refractivity contribution in [1.29, 1.82) is 0 Å². The third-order valence-corrected chi connectivity index (χ3v) is 6.38. The molecule has 0 saturated carbocycles. The number of hydrogen-bond donors (Lipinski definition) is 1. The molecule has 0 aliphatic carbocycles. The monoisotopic (exact) mass is 337 g/mol. The van der Waals surface area contributed by atoms with Crippen molar-refractivity contribution in [1.82, 2.24) is 15.1 Å². The molecule has 124 valence electrons. The second-order valence-corrected chi connectivity index (χ2v) is 8.34. The third kappa shape index (κ3) is 4.17. The molecule has 1 atom stereocenters. The van der Waals surface area contributed by atoms with Crippen LogP contribution in [0.25, 0.3) is 0 Å². The molecule has 0 spiro atoms. The van der Waals surface area contributed by atoms with Gasteiger partial charge in [0.15, 0.2) is 9.84 Å². The molecule has 1 N–H and O–H groups in total. The van der Waals surface area contributed by atoms with Crippen molar-refractivity contribution >= 4 is 9.84 Å². The summed E-state index contributed by atoms with van der Waals surface area (Å²) in [6.07, 6.45) is 5.20. The van der Waals surface area contributed by atoms with Crippen LogP contribution in [0.2, 0.25) is 0 Å². The van der Waals surface area contributed by atoms with E-state index in [1.807, 2.05) is 6.20 Å². The summed E-state index contributed by atoms with van der Waals surface area (Å²) in [6, 6.07) is 6.34. The maximum Gasteiger partial charge on any atom is 0.154 e. The molecule has 1 aromatic heterocycles. The van der Waals surface area contributed by atoms with Crippen LogP contribution in [0.4, 0.5) is 4.39 Å². The lowest BCUT2D eigenvalue weighted by Crippen LogP contribution is -2.30. The topological polar surface area (TPSA) is 64.0 Å². The highest BCUT2D eigenvalue weighted by Gasteiger charge is 2.30. The SMILES string of the molecule is O=S1(=O)CCC[C@@H]1CNCc1cnn(Cc2ccc(F)cc2)c1. The molecule has 7 heteroatoms. The van der Waals surface area contributed by atoms with Crippen molar-refractivity contribution in [3.8, 4) is 0 Å². The first-order chi connectivity index (χ1) is 11.0. The van der Waals surface area contributed by atoms with Crippen molar-refractivity contribution in [2.24, 2.45) is 0 Å². The second kappa shape index (κ2) is 6.80. The summed E-state index contributed by atoms with van der Waals surface area (Å²) >= 11 is 0. The van der Waals surface area contributed by atoms with Crippen LogP contribution in [-0.2, 0) is 22.9 Å². The Morgan fingerprint density at radius 3 is 2.74 bits per heavy atom. The van der Waals surface area contributed by atoms with Gasteiger partial charge in [0.25, 0.3) is 0 Å². The minimum atomic E-state index is -2.89. The highest BCUT2D eigenvalue weighted by molar-refractivity contribution is 7.92. The average molecular weight is 337 g/mol. The fourth-order valence-corrected chi connectivity index (χ4v) is 4.63. The van der Waals surface area contributed by atoms with Crippen LogP contribution in [0.15, 0.2) is 36.7 Å². The molecule has 3 rings (SSSR count). The van der Waals surface area contributed by atoms with E-state index >= 15 is 0 Å². The number of rotatable bonds is 6. The zero-order chi connectivity index (χ0) is 16.3. The fourth-order valence-electron chi connectivity index (χ4n) is 2.83. The van der Waals surface area contributed by atoms with E-state index < -0.39 is 9.84 Å². The van der Waals surface area contributed by atoms with E-state index in [1.165, 1.54) is 12.1 Å². The molecule has 2 aromatic rings. The van der Waals surface area contributed by atoms with Crippen LogP contribution in [0.3, 0.4) is 0 Å². The van der Waals surface area contributed by atoms with Gasteiger partial charge in [-0.2, -0.15) is 5.10 Å². The normalized spacial score (nSPS) is 20.0. The maximum atomic E-state index is 12.9. The van der Waals surface area contributed by atoms with Crippen molar-refractivity contribution in [3.05, 3.63) is 53.6 Å². The van der Waals surface area contributed by atoms with Gasteiger partial charge in [0.1, 0.15) is 5.82 Å². The molecule has 1 fully saturated rings. The van der Waals surface area contributed by atoms with Crippen LogP contribution in [-0.4, -0.2) is 35.7 Å². The zero-order valence-electron chi connectivity index (χ0n) is 12.8. The molecule has 0 bridgehead atoms. The lowest BCUT2D eigenvalue weighted by Gasteiger charge is -2.09. The summed E-state index contributed by atoms with van der Waals surface area (Å²) in [6.45, 7) is 1.66. The lowest BCUT2D eigenvalue weighted by molar-refractivity contribution is 0.574. The molecule has 1 aliphatic rings. The Morgan fingerprint density at radius 2 is 2.04 bits per heavy atom. The quantitative estimate of drug-likeness (QED) is 0.872. The molecule has 0 unspecified atom stereocenters. The van der Waals surface area contributed by atoms with Crippen LogP contribution < -0.4 is 5.32 Å². The number of aromatic nitrogens is 2. The standard InChI is InChI=1S/C16H20FN3O2S/c17-15-5-3-13(4-6-15)11-20-12-14(9-19-20)8-18-10-16-2-1-7-23(16,21)22/h3-6,9,12,16,18H,1-2,7-8,10-11H2/t16-/m1/s1. The zero-order valence-corrected chi connectivity index (χ0v) is 13.6. The molecule has 1 aliphatic heterocycles. The van der Waals surface area contributed by atoms with Crippen molar-refractivity contribution in [2.75, 3.05) is 12.3 Å². The first-order valence-electron chi connectivity index (χ1n) is 7.71.